The molecule has 1 saturated heterocycles. The van der Waals surface area contributed by atoms with E-state index in [4.69, 9.17) is 14.2 Å². The number of imide groups is 1. The van der Waals surface area contributed by atoms with Crippen LogP contribution < -0.4 is 19.1 Å². The maximum absolute atomic E-state index is 13.6. The second-order valence-electron chi connectivity index (χ2n) is 7.48. The van der Waals surface area contributed by atoms with E-state index in [0.717, 1.165) is 32.4 Å². The van der Waals surface area contributed by atoms with Crippen LogP contribution in [0.25, 0.3) is 5.57 Å². The van der Waals surface area contributed by atoms with Crippen molar-refractivity contribution in [1.82, 2.24) is 4.90 Å². The highest BCUT2D eigenvalue weighted by Gasteiger charge is 2.43. The van der Waals surface area contributed by atoms with E-state index in [0.29, 0.717) is 39.8 Å². The van der Waals surface area contributed by atoms with Crippen LogP contribution in [0.3, 0.4) is 0 Å². The van der Waals surface area contributed by atoms with Crippen molar-refractivity contribution in [3.63, 3.8) is 0 Å². The molecule has 2 heterocycles. The molecule has 2 aromatic rings. The van der Waals surface area contributed by atoms with Gasteiger partial charge in [0.05, 0.1) is 32.6 Å². The summed E-state index contributed by atoms with van der Waals surface area (Å²) < 4.78 is 16.0. The predicted octanol–water partition coefficient (Wildman–Crippen LogP) is 3.48. The van der Waals surface area contributed by atoms with Gasteiger partial charge in [-0.15, -0.1) is 0 Å². The van der Waals surface area contributed by atoms with Gasteiger partial charge in [0.2, 0.25) is 0 Å². The van der Waals surface area contributed by atoms with Crippen molar-refractivity contribution in [3.05, 3.63) is 53.7 Å². The normalized spacial score (nSPS) is 16.7. The first-order chi connectivity index (χ1) is 15.1. The molecule has 0 radical (unpaired) electrons. The number of benzene rings is 2. The number of carbonyl (C=O) groups excluding carboxylic acids is 2. The molecule has 0 saturated carbocycles. The summed E-state index contributed by atoms with van der Waals surface area (Å²) in [4.78, 5) is 30.5. The van der Waals surface area contributed by atoms with Gasteiger partial charge in [0.25, 0.3) is 11.8 Å². The van der Waals surface area contributed by atoms with E-state index < -0.39 is 0 Å². The molecule has 7 heteroatoms. The van der Waals surface area contributed by atoms with Crippen LogP contribution in [0.4, 0.5) is 5.69 Å². The minimum Gasteiger partial charge on any atom is -0.497 e. The van der Waals surface area contributed by atoms with Gasteiger partial charge in [0, 0.05) is 19.2 Å². The van der Waals surface area contributed by atoms with E-state index in [9.17, 15) is 9.59 Å². The zero-order chi connectivity index (χ0) is 22.0. The maximum Gasteiger partial charge on any atom is 0.282 e. The van der Waals surface area contributed by atoms with Gasteiger partial charge in [-0.25, -0.2) is 4.90 Å². The zero-order valence-electron chi connectivity index (χ0n) is 18.0. The molecule has 2 aliphatic heterocycles. The maximum atomic E-state index is 13.6. The molecular formula is C24H26N2O5. The van der Waals surface area contributed by atoms with E-state index >= 15 is 0 Å². The first kappa shape index (κ1) is 20.8. The van der Waals surface area contributed by atoms with Gasteiger partial charge >= 0.3 is 0 Å². The molecule has 0 N–H and O–H groups in total. The summed E-state index contributed by atoms with van der Waals surface area (Å²) >= 11 is 0. The number of methoxy groups -OCH3 is 3. The van der Waals surface area contributed by atoms with Gasteiger partial charge in [-0.05, 0) is 49.1 Å². The number of rotatable bonds is 6. The number of hydrogen-bond acceptors (Lipinski definition) is 6. The quantitative estimate of drug-likeness (QED) is 0.664. The molecule has 0 aromatic heterocycles. The van der Waals surface area contributed by atoms with Crippen LogP contribution in [0.5, 0.6) is 17.2 Å². The number of ether oxygens (including phenoxy) is 3. The molecule has 2 amide bonds. The number of hydrogen-bond donors (Lipinski definition) is 0. The fraction of sp³-hybridized carbons (Fsp3) is 0.333. The monoisotopic (exact) mass is 422 g/mol. The Hall–Kier alpha value is -3.48. The van der Waals surface area contributed by atoms with Crippen LogP contribution in [-0.2, 0) is 9.59 Å². The Morgan fingerprint density at radius 1 is 0.742 bits per heavy atom. The van der Waals surface area contributed by atoms with Gasteiger partial charge in [-0.1, -0.05) is 12.1 Å². The molecule has 2 aromatic carbocycles. The third-order valence-corrected chi connectivity index (χ3v) is 5.74. The van der Waals surface area contributed by atoms with E-state index in [1.807, 2.05) is 17.0 Å². The zero-order valence-corrected chi connectivity index (χ0v) is 18.0. The fourth-order valence-electron chi connectivity index (χ4n) is 4.14. The Kier molecular flexibility index (Phi) is 5.84. The number of carbonyl (C=O) groups is 2. The smallest absolute Gasteiger partial charge is 0.282 e. The number of nitrogens with zero attached hydrogens (tertiary/aromatic N) is 2. The van der Waals surface area contributed by atoms with Crippen LogP contribution in [0, 0.1) is 0 Å². The average molecular weight is 422 g/mol. The highest BCUT2D eigenvalue weighted by Crippen LogP contribution is 2.40. The SMILES string of the molecule is COc1ccc(C2=C(N3CCCCC3)C(=O)N(c3ccc(OC)cc3OC)C2=O)cc1. The Morgan fingerprint density at radius 2 is 1.39 bits per heavy atom. The number of amides is 2. The first-order valence-corrected chi connectivity index (χ1v) is 10.3. The van der Waals surface area contributed by atoms with Crippen molar-refractivity contribution >= 4 is 23.1 Å². The van der Waals surface area contributed by atoms with E-state index in [2.05, 4.69) is 0 Å². The molecule has 0 atom stereocenters. The minimum absolute atomic E-state index is 0.332. The van der Waals surface area contributed by atoms with Crippen LogP contribution in [-0.4, -0.2) is 51.1 Å². The fourth-order valence-corrected chi connectivity index (χ4v) is 4.14. The minimum atomic E-state index is -0.362. The Balaban J connectivity index is 1.82. The van der Waals surface area contributed by atoms with Crippen molar-refractivity contribution in [2.45, 2.75) is 19.3 Å². The van der Waals surface area contributed by atoms with Crippen LogP contribution in [0.15, 0.2) is 48.2 Å². The van der Waals surface area contributed by atoms with Crippen molar-refractivity contribution in [2.24, 2.45) is 0 Å². The highest BCUT2D eigenvalue weighted by molar-refractivity contribution is 6.45. The third-order valence-electron chi connectivity index (χ3n) is 5.74. The Morgan fingerprint density at radius 3 is 2.00 bits per heavy atom. The summed E-state index contributed by atoms with van der Waals surface area (Å²) in [5.74, 6) is 0.976. The van der Waals surface area contributed by atoms with Crippen molar-refractivity contribution < 1.29 is 23.8 Å². The summed E-state index contributed by atoms with van der Waals surface area (Å²) in [6, 6.07) is 12.3. The van der Waals surface area contributed by atoms with Crippen molar-refractivity contribution in [3.8, 4) is 17.2 Å². The Bertz CT molecular complexity index is 1020. The number of piperidine rings is 1. The van der Waals surface area contributed by atoms with Gasteiger partial charge < -0.3 is 19.1 Å². The lowest BCUT2D eigenvalue weighted by Gasteiger charge is -2.29. The molecule has 0 bridgehead atoms. The second kappa shape index (κ2) is 8.71. The molecule has 31 heavy (non-hydrogen) atoms. The lowest BCUT2D eigenvalue weighted by molar-refractivity contribution is -0.120. The predicted molar refractivity (Wildman–Crippen MR) is 117 cm³/mol. The van der Waals surface area contributed by atoms with Crippen LogP contribution in [0.2, 0.25) is 0 Å². The molecule has 7 nitrogen and oxygen atoms in total. The van der Waals surface area contributed by atoms with Gasteiger partial charge in [0.15, 0.2) is 0 Å². The molecule has 1 fully saturated rings. The molecule has 0 unspecified atom stereocenters. The van der Waals surface area contributed by atoms with Gasteiger partial charge in [-0.3, -0.25) is 9.59 Å². The van der Waals surface area contributed by atoms with Crippen molar-refractivity contribution in [2.75, 3.05) is 39.3 Å². The molecule has 0 spiro atoms. The lowest BCUT2D eigenvalue weighted by Crippen LogP contribution is -2.37. The summed E-state index contributed by atoms with van der Waals surface area (Å²) in [5.41, 5.74) is 1.95. The van der Waals surface area contributed by atoms with Crippen LogP contribution >= 0.6 is 0 Å². The summed E-state index contributed by atoms with van der Waals surface area (Å²) in [6.07, 6.45) is 3.11. The molecule has 2 aliphatic rings. The number of anilines is 1. The van der Waals surface area contributed by atoms with Gasteiger partial charge in [0.1, 0.15) is 22.9 Å². The average Bonchev–Trinajstić information content (AvgIpc) is 3.09. The summed E-state index contributed by atoms with van der Waals surface area (Å²) in [7, 11) is 4.65. The molecule has 162 valence electrons. The molecule has 4 rings (SSSR count). The summed E-state index contributed by atoms with van der Waals surface area (Å²) in [5, 5.41) is 0. The third kappa shape index (κ3) is 3.71. The van der Waals surface area contributed by atoms with E-state index in [1.165, 1.54) is 12.0 Å². The second-order valence-corrected chi connectivity index (χ2v) is 7.48. The first-order valence-electron chi connectivity index (χ1n) is 10.3. The number of likely N-dealkylation sites (tertiary alicyclic amines) is 1. The van der Waals surface area contributed by atoms with Gasteiger partial charge in [-0.2, -0.15) is 0 Å². The largest absolute Gasteiger partial charge is 0.497 e. The lowest BCUT2D eigenvalue weighted by atomic mass is 10.0. The highest BCUT2D eigenvalue weighted by atomic mass is 16.5. The summed E-state index contributed by atoms with van der Waals surface area (Å²) in [6.45, 7) is 1.50. The van der Waals surface area contributed by atoms with E-state index in [1.54, 1.807) is 44.6 Å². The Labute approximate surface area is 181 Å². The molecular weight excluding hydrogens is 396 g/mol. The standard InChI is InChI=1S/C24H26N2O5/c1-29-17-9-7-16(8-10-17)21-22(25-13-5-4-6-14-25)24(28)26(23(21)27)19-12-11-18(30-2)15-20(19)31-3/h7-12,15H,4-6,13-14H2,1-3H3. The van der Waals surface area contributed by atoms with Crippen molar-refractivity contribution in [1.29, 1.82) is 0 Å². The van der Waals surface area contributed by atoms with E-state index in [-0.39, 0.29) is 11.8 Å². The topological polar surface area (TPSA) is 68.3 Å². The molecule has 0 aliphatic carbocycles. The van der Waals surface area contributed by atoms with Crippen LogP contribution in [0.1, 0.15) is 24.8 Å².